The number of carbonyl (C=O) groups is 1. The Morgan fingerprint density at radius 1 is 0.900 bits per heavy atom. The van der Waals surface area contributed by atoms with Crippen molar-refractivity contribution in [3.8, 4) is 33.8 Å². The lowest BCUT2D eigenvalue weighted by atomic mass is 9.90. The Morgan fingerprint density at radius 2 is 1.70 bits per heavy atom. The molecule has 0 spiro atoms. The molecule has 0 amide bonds. The topological polar surface area (TPSA) is 51.5 Å². The number of methoxy groups -OCH3 is 1. The third kappa shape index (κ3) is 2.98. The Morgan fingerprint density at radius 3 is 2.47 bits per heavy atom. The molecule has 1 aliphatic carbocycles. The predicted octanol–water partition coefficient (Wildman–Crippen LogP) is 5.62. The zero-order valence-electron chi connectivity index (χ0n) is 16.6. The van der Waals surface area contributed by atoms with Gasteiger partial charge in [-0.1, -0.05) is 30.3 Å². The van der Waals surface area contributed by atoms with Gasteiger partial charge in [0.05, 0.1) is 18.4 Å². The molecule has 0 radical (unpaired) electrons. The fraction of sp³-hybridized carbons (Fsp3) is 0.115. The molecule has 3 aromatic carbocycles. The molecule has 30 heavy (non-hydrogen) atoms. The summed E-state index contributed by atoms with van der Waals surface area (Å²) in [4.78, 5) is 11.6. The Balaban J connectivity index is 1.77. The first-order valence-electron chi connectivity index (χ1n) is 9.97. The monoisotopic (exact) mass is 395 g/mol. The van der Waals surface area contributed by atoms with E-state index in [4.69, 9.17) is 4.74 Å². The van der Waals surface area contributed by atoms with Gasteiger partial charge in [0.2, 0.25) is 0 Å². The third-order valence-electron chi connectivity index (χ3n) is 5.78. The molecule has 0 saturated carbocycles. The quantitative estimate of drug-likeness (QED) is 0.488. The summed E-state index contributed by atoms with van der Waals surface area (Å²) < 4.78 is 7.53. The molecule has 1 N–H and O–H groups in total. The van der Waals surface area contributed by atoms with Crippen molar-refractivity contribution < 1.29 is 14.6 Å². The van der Waals surface area contributed by atoms with E-state index in [0.717, 1.165) is 35.5 Å². The lowest BCUT2D eigenvalue weighted by Crippen LogP contribution is -2.09. The molecule has 148 valence electrons. The normalized spacial score (nSPS) is 12.2. The maximum absolute atomic E-state index is 11.6. The zero-order chi connectivity index (χ0) is 20.7. The van der Waals surface area contributed by atoms with Crippen LogP contribution < -0.4 is 4.74 Å². The van der Waals surface area contributed by atoms with Gasteiger partial charge in [-0.2, -0.15) is 0 Å². The largest absolute Gasteiger partial charge is 0.497 e. The SMILES string of the molecule is COc1ccc(-c2cc3c(n2-c2cccc(C(=O)O)c2)CCc2ccccc2-3)cc1. The van der Waals surface area contributed by atoms with Crippen LogP contribution in [-0.4, -0.2) is 22.8 Å². The molecule has 0 unspecified atom stereocenters. The maximum Gasteiger partial charge on any atom is 0.335 e. The molecule has 0 fully saturated rings. The Hall–Kier alpha value is -3.79. The van der Waals surface area contributed by atoms with Gasteiger partial charge in [-0.25, -0.2) is 4.79 Å². The second kappa shape index (κ2) is 7.23. The summed E-state index contributed by atoms with van der Waals surface area (Å²) in [6, 6.07) is 25.9. The van der Waals surface area contributed by atoms with E-state index >= 15 is 0 Å². The minimum Gasteiger partial charge on any atom is -0.497 e. The first-order valence-corrected chi connectivity index (χ1v) is 9.97. The zero-order valence-corrected chi connectivity index (χ0v) is 16.6. The molecule has 4 nitrogen and oxygen atoms in total. The average molecular weight is 395 g/mol. The predicted molar refractivity (Wildman–Crippen MR) is 118 cm³/mol. The van der Waals surface area contributed by atoms with Gasteiger partial charge in [-0.3, -0.25) is 0 Å². The van der Waals surface area contributed by atoms with Crippen molar-refractivity contribution in [3.63, 3.8) is 0 Å². The van der Waals surface area contributed by atoms with Crippen molar-refractivity contribution in [3.05, 3.63) is 95.7 Å². The lowest BCUT2D eigenvalue weighted by Gasteiger charge is -2.20. The van der Waals surface area contributed by atoms with Gasteiger partial charge in [0, 0.05) is 16.9 Å². The van der Waals surface area contributed by atoms with Crippen molar-refractivity contribution >= 4 is 5.97 Å². The van der Waals surface area contributed by atoms with Gasteiger partial charge in [0.1, 0.15) is 5.75 Å². The van der Waals surface area contributed by atoms with Crippen molar-refractivity contribution in [2.75, 3.05) is 7.11 Å². The number of nitrogens with zero attached hydrogens (tertiary/aromatic N) is 1. The van der Waals surface area contributed by atoms with Crippen LogP contribution in [0.5, 0.6) is 5.75 Å². The molecule has 0 bridgehead atoms. The van der Waals surface area contributed by atoms with E-state index in [2.05, 4.69) is 34.9 Å². The van der Waals surface area contributed by atoms with Crippen LogP contribution in [0.4, 0.5) is 0 Å². The highest BCUT2D eigenvalue weighted by molar-refractivity contribution is 5.88. The molecule has 0 atom stereocenters. The second-order valence-corrected chi connectivity index (χ2v) is 7.47. The summed E-state index contributed by atoms with van der Waals surface area (Å²) in [5.41, 5.74) is 8.27. The smallest absolute Gasteiger partial charge is 0.335 e. The molecule has 5 rings (SSSR count). The van der Waals surface area contributed by atoms with Crippen LogP contribution in [-0.2, 0) is 12.8 Å². The summed E-state index contributed by atoms with van der Waals surface area (Å²) in [5.74, 6) is -0.117. The molecule has 0 saturated heterocycles. The van der Waals surface area contributed by atoms with E-state index in [1.54, 1.807) is 25.3 Å². The van der Waals surface area contributed by atoms with Crippen LogP contribution in [0.15, 0.2) is 78.9 Å². The number of rotatable bonds is 4. The molecule has 4 heteroatoms. The number of aromatic nitrogens is 1. The van der Waals surface area contributed by atoms with Crippen LogP contribution >= 0.6 is 0 Å². The maximum atomic E-state index is 11.6. The Labute approximate surface area is 175 Å². The number of hydrogen-bond donors (Lipinski definition) is 1. The molecule has 1 aromatic heterocycles. The number of hydrogen-bond acceptors (Lipinski definition) is 2. The molecular weight excluding hydrogens is 374 g/mol. The Kier molecular flexibility index (Phi) is 4.40. The number of benzene rings is 3. The first kappa shape index (κ1) is 18.3. The van der Waals surface area contributed by atoms with Gasteiger partial charge in [-0.15, -0.1) is 0 Å². The van der Waals surface area contributed by atoms with Crippen LogP contribution in [0.3, 0.4) is 0 Å². The number of aryl methyl sites for hydroxylation is 1. The number of ether oxygens (including phenoxy) is 1. The molecule has 0 aliphatic heterocycles. The summed E-state index contributed by atoms with van der Waals surface area (Å²) in [7, 11) is 1.66. The highest BCUT2D eigenvalue weighted by atomic mass is 16.5. The van der Waals surface area contributed by atoms with E-state index < -0.39 is 5.97 Å². The molecule has 1 heterocycles. The van der Waals surface area contributed by atoms with E-state index in [-0.39, 0.29) is 5.56 Å². The van der Waals surface area contributed by atoms with Gasteiger partial charge < -0.3 is 14.4 Å². The van der Waals surface area contributed by atoms with Crippen molar-refractivity contribution in [1.82, 2.24) is 4.57 Å². The van der Waals surface area contributed by atoms with E-state index in [1.165, 1.54) is 22.4 Å². The average Bonchev–Trinajstić information content (AvgIpc) is 3.19. The minimum atomic E-state index is -0.922. The third-order valence-corrected chi connectivity index (χ3v) is 5.78. The van der Waals surface area contributed by atoms with Crippen molar-refractivity contribution in [2.45, 2.75) is 12.8 Å². The fourth-order valence-corrected chi connectivity index (χ4v) is 4.33. The standard InChI is InChI=1S/C26H21NO3/c1-30-21-12-9-18(10-13-21)25-16-23-22-8-3-2-5-17(22)11-14-24(23)27(25)20-7-4-6-19(15-20)26(28)29/h2-10,12-13,15-16H,11,14H2,1H3,(H,28,29). The van der Waals surface area contributed by atoms with E-state index in [9.17, 15) is 9.90 Å². The van der Waals surface area contributed by atoms with Gasteiger partial charge in [0.15, 0.2) is 0 Å². The highest BCUT2D eigenvalue weighted by Gasteiger charge is 2.24. The summed E-state index contributed by atoms with van der Waals surface area (Å²) in [6.45, 7) is 0. The van der Waals surface area contributed by atoms with Crippen LogP contribution in [0.1, 0.15) is 21.6 Å². The summed E-state index contributed by atoms with van der Waals surface area (Å²) >= 11 is 0. The number of aromatic carboxylic acids is 1. The van der Waals surface area contributed by atoms with Gasteiger partial charge in [-0.05, 0) is 78.1 Å². The Bertz CT molecular complexity index is 1250. The van der Waals surface area contributed by atoms with Crippen molar-refractivity contribution in [2.24, 2.45) is 0 Å². The van der Waals surface area contributed by atoms with E-state index in [1.807, 2.05) is 30.3 Å². The number of carboxylic acids is 1. The van der Waals surface area contributed by atoms with Gasteiger partial charge in [0.25, 0.3) is 0 Å². The number of fused-ring (bicyclic) bond motifs is 3. The molecule has 4 aromatic rings. The molecule has 1 aliphatic rings. The van der Waals surface area contributed by atoms with Crippen LogP contribution in [0, 0.1) is 0 Å². The summed E-state index contributed by atoms with van der Waals surface area (Å²) in [6.07, 6.45) is 1.87. The van der Waals surface area contributed by atoms with Crippen LogP contribution in [0.25, 0.3) is 28.1 Å². The highest BCUT2D eigenvalue weighted by Crippen LogP contribution is 2.40. The first-order chi connectivity index (χ1) is 14.7. The van der Waals surface area contributed by atoms with Gasteiger partial charge >= 0.3 is 5.97 Å². The fourth-order valence-electron chi connectivity index (χ4n) is 4.33. The lowest BCUT2D eigenvalue weighted by molar-refractivity contribution is 0.0697. The van der Waals surface area contributed by atoms with Crippen molar-refractivity contribution in [1.29, 1.82) is 0 Å². The van der Waals surface area contributed by atoms with Crippen LogP contribution in [0.2, 0.25) is 0 Å². The minimum absolute atomic E-state index is 0.284. The molecular formula is C26H21NO3. The summed E-state index contributed by atoms with van der Waals surface area (Å²) in [5, 5.41) is 9.50. The van der Waals surface area contributed by atoms with E-state index in [0.29, 0.717) is 0 Å². The second-order valence-electron chi connectivity index (χ2n) is 7.47. The number of carboxylic acid groups (broad SMARTS) is 1.